The number of pyridine rings is 1. The van der Waals surface area contributed by atoms with Crippen molar-refractivity contribution in [2.75, 3.05) is 5.75 Å². The average molecular weight is 243 g/mol. The van der Waals surface area contributed by atoms with Crippen LogP contribution in [-0.4, -0.2) is 10.7 Å². The van der Waals surface area contributed by atoms with E-state index in [4.69, 9.17) is 5.26 Å². The fraction of sp³-hybridized carbons (Fsp3) is 0.462. The van der Waals surface area contributed by atoms with Gasteiger partial charge in [-0.05, 0) is 36.8 Å². The van der Waals surface area contributed by atoms with E-state index in [1.807, 2.05) is 0 Å². The molecule has 1 aromatic rings. The number of aryl methyl sites for hydroxylation is 1. The number of nitriles is 2. The SMILES string of the molecule is CCc1c(C#N)c(SCC#N)nc2c1CCC2. The number of thioether (sulfide) groups is 1. The highest BCUT2D eigenvalue weighted by molar-refractivity contribution is 7.99. The van der Waals surface area contributed by atoms with Gasteiger partial charge in [0.1, 0.15) is 11.1 Å². The van der Waals surface area contributed by atoms with Crippen molar-refractivity contribution in [1.29, 1.82) is 10.5 Å². The molecule has 0 atom stereocenters. The van der Waals surface area contributed by atoms with Crippen molar-refractivity contribution in [2.45, 2.75) is 37.6 Å². The first kappa shape index (κ1) is 12.0. The molecule has 86 valence electrons. The molecule has 0 saturated heterocycles. The third-order valence-corrected chi connectivity index (χ3v) is 3.89. The zero-order chi connectivity index (χ0) is 12.3. The normalized spacial score (nSPS) is 12.9. The van der Waals surface area contributed by atoms with Gasteiger partial charge in [0.25, 0.3) is 0 Å². The van der Waals surface area contributed by atoms with Gasteiger partial charge in [0.15, 0.2) is 0 Å². The third-order valence-electron chi connectivity index (χ3n) is 3.04. The summed E-state index contributed by atoms with van der Waals surface area (Å²) in [5.41, 5.74) is 4.26. The summed E-state index contributed by atoms with van der Waals surface area (Å²) in [6.07, 6.45) is 4.05. The molecule has 0 radical (unpaired) electrons. The number of rotatable bonds is 3. The van der Waals surface area contributed by atoms with E-state index < -0.39 is 0 Å². The second-order valence-corrected chi connectivity index (χ2v) is 4.93. The molecule has 0 spiro atoms. The van der Waals surface area contributed by atoms with Gasteiger partial charge in [-0.1, -0.05) is 18.7 Å². The minimum absolute atomic E-state index is 0.351. The molecule has 0 amide bonds. The summed E-state index contributed by atoms with van der Waals surface area (Å²) in [5, 5.41) is 18.6. The van der Waals surface area contributed by atoms with Gasteiger partial charge in [-0.25, -0.2) is 4.98 Å². The van der Waals surface area contributed by atoms with E-state index in [9.17, 15) is 5.26 Å². The fourth-order valence-corrected chi connectivity index (χ4v) is 3.03. The lowest BCUT2D eigenvalue weighted by Gasteiger charge is -2.11. The number of hydrogen-bond acceptors (Lipinski definition) is 4. The molecule has 0 aromatic carbocycles. The number of nitrogens with zero attached hydrogens (tertiary/aromatic N) is 3. The molecule has 1 aliphatic carbocycles. The monoisotopic (exact) mass is 243 g/mol. The van der Waals surface area contributed by atoms with E-state index in [-0.39, 0.29) is 0 Å². The van der Waals surface area contributed by atoms with Crippen molar-refractivity contribution in [2.24, 2.45) is 0 Å². The Bertz CT molecular complexity index is 523. The molecule has 4 heteroatoms. The minimum Gasteiger partial charge on any atom is -0.245 e. The Balaban J connectivity index is 2.53. The van der Waals surface area contributed by atoms with Gasteiger partial charge < -0.3 is 0 Å². The summed E-state index contributed by atoms with van der Waals surface area (Å²) in [4.78, 5) is 4.56. The molecule has 0 saturated carbocycles. The predicted molar refractivity (Wildman–Crippen MR) is 66.7 cm³/mol. The molecule has 2 rings (SSSR count). The van der Waals surface area contributed by atoms with Crippen LogP contribution in [-0.2, 0) is 19.3 Å². The Morgan fingerprint density at radius 2 is 2.18 bits per heavy atom. The van der Waals surface area contributed by atoms with Crippen molar-refractivity contribution in [1.82, 2.24) is 4.98 Å². The Labute approximate surface area is 105 Å². The lowest BCUT2D eigenvalue weighted by Crippen LogP contribution is -2.02. The number of fused-ring (bicyclic) bond motifs is 1. The molecular weight excluding hydrogens is 230 g/mol. The van der Waals surface area contributed by atoms with Crippen molar-refractivity contribution in [3.8, 4) is 12.1 Å². The van der Waals surface area contributed by atoms with E-state index in [0.717, 1.165) is 42.0 Å². The Morgan fingerprint density at radius 3 is 2.82 bits per heavy atom. The highest BCUT2D eigenvalue weighted by atomic mass is 32.2. The van der Waals surface area contributed by atoms with Gasteiger partial charge in [-0.15, -0.1) is 0 Å². The molecule has 0 N–H and O–H groups in total. The molecule has 1 aromatic heterocycles. The maximum atomic E-state index is 9.27. The Morgan fingerprint density at radius 1 is 1.35 bits per heavy atom. The maximum absolute atomic E-state index is 9.27. The lowest BCUT2D eigenvalue weighted by molar-refractivity contribution is 0.891. The van der Waals surface area contributed by atoms with Crippen LogP contribution in [0.5, 0.6) is 0 Å². The first-order valence-electron chi connectivity index (χ1n) is 5.76. The fourth-order valence-electron chi connectivity index (χ4n) is 2.35. The Kier molecular flexibility index (Phi) is 3.66. The van der Waals surface area contributed by atoms with Crippen LogP contribution in [0, 0.1) is 22.7 Å². The van der Waals surface area contributed by atoms with Crippen LogP contribution < -0.4 is 0 Å². The molecule has 0 unspecified atom stereocenters. The summed E-state index contributed by atoms with van der Waals surface area (Å²) in [6.45, 7) is 2.08. The van der Waals surface area contributed by atoms with E-state index in [0.29, 0.717) is 11.3 Å². The van der Waals surface area contributed by atoms with Crippen LogP contribution in [0.25, 0.3) is 0 Å². The quantitative estimate of drug-likeness (QED) is 0.766. The van der Waals surface area contributed by atoms with E-state index in [1.165, 1.54) is 17.3 Å². The van der Waals surface area contributed by atoms with Crippen LogP contribution in [0.15, 0.2) is 5.03 Å². The summed E-state index contributed by atoms with van der Waals surface area (Å²) in [7, 11) is 0. The first-order chi connectivity index (χ1) is 8.31. The summed E-state index contributed by atoms with van der Waals surface area (Å²) in [6, 6.07) is 4.35. The molecule has 17 heavy (non-hydrogen) atoms. The maximum Gasteiger partial charge on any atom is 0.115 e. The smallest absolute Gasteiger partial charge is 0.115 e. The van der Waals surface area contributed by atoms with Crippen molar-refractivity contribution < 1.29 is 0 Å². The molecule has 1 aliphatic rings. The van der Waals surface area contributed by atoms with E-state index in [1.54, 1.807) is 0 Å². The minimum atomic E-state index is 0.351. The van der Waals surface area contributed by atoms with Gasteiger partial charge in [0.2, 0.25) is 0 Å². The van der Waals surface area contributed by atoms with Crippen molar-refractivity contribution in [3.05, 3.63) is 22.4 Å². The first-order valence-corrected chi connectivity index (χ1v) is 6.74. The highest BCUT2D eigenvalue weighted by Crippen LogP contribution is 2.32. The van der Waals surface area contributed by atoms with Crippen LogP contribution in [0.4, 0.5) is 0 Å². The van der Waals surface area contributed by atoms with E-state index >= 15 is 0 Å². The van der Waals surface area contributed by atoms with Gasteiger partial charge >= 0.3 is 0 Å². The average Bonchev–Trinajstić information content (AvgIpc) is 2.81. The third kappa shape index (κ3) is 2.14. The zero-order valence-electron chi connectivity index (χ0n) is 9.79. The molecule has 0 aliphatic heterocycles. The van der Waals surface area contributed by atoms with Crippen LogP contribution in [0.2, 0.25) is 0 Å². The van der Waals surface area contributed by atoms with Crippen LogP contribution in [0.3, 0.4) is 0 Å². The summed E-state index contributed by atoms with van der Waals surface area (Å²) in [5.74, 6) is 0.351. The van der Waals surface area contributed by atoms with Gasteiger partial charge in [0, 0.05) is 5.69 Å². The van der Waals surface area contributed by atoms with Crippen molar-refractivity contribution >= 4 is 11.8 Å². The Hall–Kier alpha value is -1.52. The van der Waals surface area contributed by atoms with Crippen LogP contribution in [0.1, 0.15) is 35.7 Å². The second kappa shape index (κ2) is 5.21. The van der Waals surface area contributed by atoms with Gasteiger partial charge in [-0.2, -0.15) is 10.5 Å². The zero-order valence-corrected chi connectivity index (χ0v) is 10.6. The second-order valence-electron chi connectivity index (χ2n) is 3.96. The summed E-state index contributed by atoms with van der Waals surface area (Å²) < 4.78 is 0. The number of hydrogen-bond donors (Lipinski definition) is 0. The van der Waals surface area contributed by atoms with E-state index in [2.05, 4.69) is 24.0 Å². The molecule has 0 bridgehead atoms. The standard InChI is InChI=1S/C13H13N3S/c1-2-9-10-4-3-5-12(10)16-13(11(9)8-15)17-7-6-14/h2-5,7H2,1H3. The predicted octanol–water partition coefficient (Wildman–Crippen LogP) is 2.62. The van der Waals surface area contributed by atoms with Gasteiger partial charge in [-0.3, -0.25) is 0 Å². The molecular formula is C13H13N3S. The topological polar surface area (TPSA) is 60.5 Å². The molecule has 3 nitrogen and oxygen atoms in total. The van der Waals surface area contributed by atoms with Gasteiger partial charge in [0.05, 0.1) is 17.4 Å². The van der Waals surface area contributed by atoms with Crippen molar-refractivity contribution in [3.63, 3.8) is 0 Å². The largest absolute Gasteiger partial charge is 0.245 e. The molecule has 1 heterocycles. The lowest BCUT2D eigenvalue weighted by atomic mass is 10.0. The van der Waals surface area contributed by atoms with Crippen LogP contribution >= 0.6 is 11.8 Å². The molecule has 0 fully saturated rings. The number of aromatic nitrogens is 1. The highest BCUT2D eigenvalue weighted by Gasteiger charge is 2.21. The summed E-state index contributed by atoms with van der Waals surface area (Å²) >= 11 is 1.37.